The van der Waals surface area contributed by atoms with Crippen LogP contribution in [0.5, 0.6) is 5.75 Å². The summed E-state index contributed by atoms with van der Waals surface area (Å²) in [4.78, 5) is 23.0. The summed E-state index contributed by atoms with van der Waals surface area (Å²) < 4.78 is 10.0. The number of ketones is 1. The predicted molar refractivity (Wildman–Crippen MR) is 91.6 cm³/mol. The Morgan fingerprint density at radius 3 is 2.46 bits per heavy atom. The van der Waals surface area contributed by atoms with Gasteiger partial charge in [-0.05, 0) is 51.0 Å². The van der Waals surface area contributed by atoms with Gasteiger partial charge in [-0.2, -0.15) is 0 Å². The number of rotatable bonds is 4. The van der Waals surface area contributed by atoms with E-state index in [1.807, 2.05) is 26.0 Å². The number of carbonyl (C=O) groups is 2. The molecule has 0 unspecified atom stereocenters. The van der Waals surface area contributed by atoms with E-state index >= 15 is 0 Å². The maximum atomic E-state index is 11.5. The van der Waals surface area contributed by atoms with Gasteiger partial charge in [0.1, 0.15) is 17.1 Å². The van der Waals surface area contributed by atoms with E-state index < -0.39 is 5.97 Å². The first kappa shape index (κ1) is 19.5. The maximum Gasteiger partial charge on any atom is 0.345 e. The second-order valence-corrected chi connectivity index (χ2v) is 5.21. The van der Waals surface area contributed by atoms with Crippen LogP contribution in [-0.4, -0.2) is 30.1 Å². The SMILES string of the molecule is CCOC(=O)C1=C(OCC)C=CCC1=O.Cc1ccc(C)c(O)c1. The summed E-state index contributed by atoms with van der Waals surface area (Å²) in [6, 6.07) is 5.65. The standard InChI is InChI=1S/C11H14O4.C8H10O/c1-3-14-9-7-5-6-8(12)10(9)11(13)15-4-2;1-6-3-4-7(2)8(9)5-6/h5,7H,3-4,6H2,1-2H3;3-5,9H,1-2H3. The van der Waals surface area contributed by atoms with E-state index in [9.17, 15) is 9.59 Å². The maximum absolute atomic E-state index is 11.5. The summed E-state index contributed by atoms with van der Waals surface area (Å²) in [5.74, 6) is -0.156. The fourth-order valence-corrected chi connectivity index (χ4v) is 2.01. The smallest absolute Gasteiger partial charge is 0.345 e. The first-order valence-corrected chi connectivity index (χ1v) is 7.90. The number of phenols is 1. The number of allylic oxidation sites excluding steroid dienone is 2. The van der Waals surface area contributed by atoms with Crippen LogP contribution in [0.2, 0.25) is 0 Å². The topological polar surface area (TPSA) is 72.8 Å². The number of aryl methyl sites for hydroxylation is 2. The summed E-state index contributed by atoms with van der Waals surface area (Å²) in [5, 5.41) is 9.10. The third kappa shape index (κ3) is 5.57. The van der Waals surface area contributed by atoms with Crippen molar-refractivity contribution in [2.75, 3.05) is 13.2 Å². The number of hydrogen-bond acceptors (Lipinski definition) is 5. The molecule has 5 nitrogen and oxygen atoms in total. The minimum absolute atomic E-state index is 0.0289. The van der Waals surface area contributed by atoms with Crippen molar-refractivity contribution in [3.63, 3.8) is 0 Å². The minimum atomic E-state index is -0.602. The van der Waals surface area contributed by atoms with Gasteiger partial charge in [0.2, 0.25) is 0 Å². The molecule has 1 N–H and O–H groups in total. The van der Waals surface area contributed by atoms with Gasteiger partial charge in [-0.3, -0.25) is 4.79 Å². The van der Waals surface area contributed by atoms with Crippen molar-refractivity contribution in [3.8, 4) is 5.75 Å². The van der Waals surface area contributed by atoms with E-state index in [-0.39, 0.29) is 24.4 Å². The van der Waals surface area contributed by atoms with Crippen molar-refractivity contribution in [2.24, 2.45) is 0 Å². The first-order chi connectivity index (χ1) is 11.4. The third-order valence-corrected chi connectivity index (χ3v) is 3.24. The van der Waals surface area contributed by atoms with Crippen LogP contribution in [-0.2, 0) is 19.1 Å². The number of Topliss-reactive ketones (excluding diaryl/α,β-unsaturated/α-hetero) is 1. The normalized spacial score (nSPS) is 13.2. The highest BCUT2D eigenvalue weighted by Crippen LogP contribution is 2.18. The number of hydrogen-bond donors (Lipinski definition) is 1. The summed E-state index contributed by atoms with van der Waals surface area (Å²) >= 11 is 0. The lowest BCUT2D eigenvalue weighted by molar-refractivity contribution is -0.140. The molecule has 0 heterocycles. The zero-order valence-corrected chi connectivity index (χ0v) is 14.6. The molecule has 5 heteroatoms. The van der Waals surface area contributed by atoms with Gasteiger partial charge in [-0.15, -0.1) is 0 Å². The number of phenolic OH excluding ortho intramolecular Hbond substituents is 1. The van der Waals surface area contributed by atoms with Crippen molar-refractivity contribution >= 4 is 11.8 Å². The van der Waals surface area contributed by atoms with E-state index in [4.69, 9.17) is 14.6 Å². The van der Waals surface area contributed by atoms with Gasteiger partial charge in [0.15, 0.2) is 5.78 Å². The Kier molecular flexibility index (Phi) is 7.75. The Bertz CT molecular complexity index is 656. The van der Waals surface area contributed by atoms with Gasteiger partial charge in [0.05, 0.1) is 13.2 Å². The van der Waals surface area contributed by atoms with Crippen LogP contribution in [0, 0.1) is 13.8 Å². The van der Waals surface area contributed by atoms with Gasteiger partial charge in [-0.1, -0.05) is 18.2 Å². The fraction of sp³-hybridized carbons (Fsp3) is 0.368. The molecular formula is C19H24O5. The molecule has 2 rings (SSSR count). The largest absolute Gasteiger partial charge is 0.508 e. The lowest BCUT2D eigenvalue weighted by Gasteiger charge is -2.13. The molecule has 0 bridgehead atoms. The average molecular weight is 332 g/mol. The molecule has 0 fully saturated rings. The Hall–Kier alpha value is -2.56. The summed E-state index contributed by atoms with van der Waals surface area (Å²) in [7, 11) is 0. The van der Waals surface area contributed by atoms with Crippen molar-refractivity contribution in [1.29, 1.82) is 0 Å². The van der Waals surface area contributed by atoms with E-state index in [0.717, 1.165) is 11.1 Å². The second kappa shape index (κ2) is 9.55. The highest BCUT2D eigenvalue weighted by molar-refractivity contribution is 6.19. The molecule has 0 amide bonds. The van der Waals surface area contributed by atoms with Gasteiger partial charge in [-0.25, -0.2) is 4.79 Å². The van der Waals surface area contributed by atoms with Crippen LogP contribution in [0.25, 0.3) is 0 Å². The molecule has 0 radical (unpaired) electrons. The fourth-order valence-electron chi connectivity index (χ4n) is 2.01. The van der Waals surface area contributed by atoms with Gasteiger partial charge in [0, 0.05) is 6.42 Å². The van der Waals surface area contributed by atoms with Crippen molar-refractivity contribution in [1.82, 2.24) is 0 Å². The van der Waals surface area contributed by atoms with Crippen molar-refractivity contribution in [2.45, 2.75) is 34.1 Å². The van der Waals surface area contributed by atoms with Crippen LogP contribution in [0.1, 0.15) is 31.4 Å². The minimum Gasteiger partial charge on any atom is -0.508 e. The van der Waals surface area contributed by atoms with Crippen molar-refractivity contribution in [3.05, 3.63) is 52.8 Å². The molecule has 0 aromatic heterocycles. The molecule has 1 aromatic rings. The van der Waals surface area contributed by atoms with Crippen LogP contribution >= 0.6 is 0 Å². The van der Waals surface area contributed by atoms with Crippen LogP contribution in [0.3, 0.4) is 0 Å². The molecule has 0 spiro atoms. The Morgan fingerprint density at radius 2 is 1.92 bits per heavy atom. The molecular weight excluding hydrogens is 308 g/mol. The van der Waals surface area contributed by atoms with E-state index in [2.05, 4.69) is 0 Å². The zero-order chi connectivity index (χ0) is 18.1. The Balaban J connectivity index is 0.000000272. The van der Waals surface area contributed by atoms with E-state index in [0.29, 0.717) is 18.1 Å². The average Bonchev–Trinajstić information content (AvgIpc) is 2.52. The molecule has 0 saturated heterocycles. The number of carbonyl (C=O) groups excluding carboxylic acids is 2. The predicted octanol–water partition coefficient (Wildman–Crippen LogP) is 3.38. The molecule has 1 aromatic carbocycles. The molecule has 0 aliphatic heterocycles. The number of benzene rings is 1. The highest BCUT2D eigenvalue weighted by atomic mass is 16.5. The lowest BCUT2D eigenvalue weighted by atomic mass is 10.0. The lowest BCUT2D eigenvalue weighted by Crippen LogP contribution is -2.20. The molecule has 0 saturated carbocycles. The third-order valence-electron chi connectivity index (χ3n) is 3.24. The van der Waals surface area contributed by atoms with Crippen LogP contribution in [0.4, 0.5) is 0 Å². The summed E-state index contributed by atoms with van der Waals surface area (Å²) in [6.07, 6.45) is 3.54. The molecule has 1 aliphatic rings. The van der Waals surface area contributed by atoms with Crippen molar-refractivity contribution < 1.29 is 24.2 Å². The van der Waals surface area contributed by atoms with Gasteiger partial charge in [0.25, 0.3) is 0 Å². The molecule has 130 valence electrons. The highest BCUT2D eigenvalue weighted by Gasteiger charge is 2.26. The zero-order valence-electron chi connectivity index (χ0n) is 14.6. The summed E-state index contributed by atoms with van der Waals surface area (Å²) in [5.41, 5.74) is 2.06. The first-order valence-electron chi connectivity index (χ1n) is 7.90. The molecule has 0 atom stereocenters. The van der Waals surface area contributed by atoms with Gasteiger partial charge >= 0.3 is 5.97 Å². The Labute approximate surface area is 142 Å². The summed E-state index contributed by atoms with van der Waals surface area (Å²) in [6.45, 7) is 7.99. The Morgan fingerprint density at radius 1 is 1.21 bits per heavy atom. The quantitative estimate of drug-likeness (QED) is 0.676. The van der Waals surface area contributed by atoms with Gasteiger partial charge < -0.3 is 14.6 Å². The molecule has 1 aliphatic carbocycles. The number of aromatic hydroxyl groups is 1. The number of ether oxygens (including phenoxy) is 2. The van der Waals surface area contributed by atoms with E-state index in [1.165, 1.54) is 0 Å². The van der Waals surface area contributed by atoms with E-state index in [1.54, 1.807) is 32.1 Å². The van der Waals surface area contributed by atoms with Crippen LogP contribution in [0.15, 0.2) is 41.7 Å². The second-order valence-electron chi connectivity index (χ2n) is 5.21. The number of esters is 1. The monoisotopic (exact) mass is 332 g/mol. The van der Waals surface area contributed by atoms with Crippen LogP contribution < -0.4 is 0 Å². The molecule has 24 heavy (non-hydrogen) atoms.